The molecule has 1 amide bonds. The number of nitrogens with zero attached hydrogens (tertiary/aromatic N) is 2. The van der Waals surface area contributed by atoms with E-state index in [0.717, 1.165) is 30.5 Å². The molecule has 1 spiro atoms. The lowest BCUT2D eigenvalue weighted by Gasteiger charge is -2.36. The third kappa shape index (κ3) is 5.43. The molecular weight excluding hydrogens is 470 g/mol. The normalized spacial score (nSPS) is 17.5. The Kier molecular flexibility index (Phi) is 7.61. The third-order valence-electron chi connectivity index (χ3n) is 6.98. The van der Waals surface area contributed by atoms with Crippen molar-refractivity contribution in [3.05, 3.63) is 46.8 Å². The molecule has 1 N–H and O–H groups in total. The number of sulfone groups is 1. The Bertz CT molecular complexity index is 1200. The first kappa shape index (κ1) is 25.4. The Balaban J connectivity index is 1.43. The lowest BCUT2D eigenvalue weighted by Crippen LogP contribution is -2.40. The van der Waals surface area contributed by atoms with Crippen molar-refractivity contribution < 1.29 is 27.5 Å². The summed E-state index contributed by atoms with van der Waals surface area (Å²) in [6.45, 7) is 6.32. The highest BCUT2D eigenvalue weighted by molar-refractivity contribution is 7.91. The van der Waals surface area contributed by atoms with Gasteiger partial charge in [0, 0.05) is 31.9 Å². The average Bonchev–Trinajstić information content (AvgIpc) is 3.15. The zero-order valence-electron chi connectivity index (χ0n) is 20.3. The molecule has 0 bridgehead atoms. The summed E-state index contributed by atoms with van der Waals surface area (Å²) in [5.41, 5.74) is 2.69. The monoisotopic (exact) mass is 503 g/mol. The Hall–Kier alpha value is -2.72. The topological polar surface area (TPSA) is 117 Å². The van der Waals surface area contributed by atoms with Crippen LogP contribution in [0.5, 0.6) is 0 Å². The number of carbonyl (C=O) groups is 2. The lowest BCUT2D eigenvalue weighted by atomic mass is 9.75. The van der Waals surface area contributed by atoms with E-state index in [-0.39, 0.29) is 34.1 Å². The van der Waals surface area contributed by atoms with Crippen molar-refractivity contribution in [1.29, 1.82) is 0 Å². The first-order valence-electron chi connectivity index (χ1n) is 12.2. The molecule has 0 radical (unpaired) electrons. The van der Waals surface area contributed by atoms with Crippen molar-refractivity contribution in [2.24, 2.45) is 5.41 Å². The van der Waals surface area contributed by atoms with Crippen LogP contribution < -0.4 is 5.32 Å². The van der Waals surface area contributed by atoms with Crippen LogP contribution in [0.3, 0.4) is 0 Å². The minimum atomic E-state index is -3.40. The molecule has 0 atom stereocenters. The maximum Gasteiger partial charge on any atom is 0.338 e. The fourth-order valence-corrected chi connectivity index (χ4v) is 5.76. The maximum absolute atomic E-state index is 12.9. The number of aromatic nitrogens is 2. The van der Waals surface area contributed by atoms with Crippen molar-refractivity contribution in [1.82, 2.24) is 15.1 Å². The summed E-state index contributed by atoms with van der Waals surface area (Å²) >= 11 is 0. The van der Waals surface area contributed by atoms with Gasteiger partial charge in [0.05, 0.1) is 28.5 Å². The summed E-state index contributed by atoms with van der Waals surface area (Å²) < 4.78 is 37.0. The highest BCUT2D eigenvalue weighted by Gasteiger charge is 2.39. The van der Waals surface area contributed by atoms with E-state index in [2.05, 4.69) is 5.32 Å². The minimum absolute atomic E-state index is 0.0220. The summed E-state index contributed by atoms with van der Waals surface area (Å²) in [5.74, 6) is -0.680. The van der Waals surface area contributed by atoms with Crippen molar-refractivity contribution >= 4 is 21.7 Å². The highest BCUT2D eigenvalue weighted by Crippen LogP contribution is 2.37. The Labute approximate surface area is 206 Å². The molecule has 0 saturated carbocycles. The number of rotatable bonds is 8. The van der Waals surface area contributed by atoms with E-state index in [4.69, 9.17) is 14.6 Å². The number of aryl methyl sites for hydroxylation is 2. The smallest absolute Gasteiger partial charge is 0.338 e. The van der Waals surface area contributed by atoms with Gasteiger partial charge >= 0.3 is 5.97 Å². The fraction of sp³-hybridized carbons (Fsp3) is 0.560. The van der Waals surface area contributed by atoms with E-state index >= 15 is 0 Å². The quantitative estimate of drug-likeness (QED) is 0.435. The first-order valence-corrected chi connectivity index (χ1v) is 13.9. The zero-order valence-corrected chi connectivity index (χ0v) is 21.2. The molecule has 2 aliphatic rings. The van der Waals surface area contributed by atoms with E-state index in [1.165, 1.54) is 12.1 Å². The van der Waals surface area contributed by atoms with Crippen LogP contribution in [0.15, 0.2) is 29.2 Å². The molecule has 3 heterocycles. The van der Waals surface area contributed by atoms with Crippen LogP contribution in [0.4, 0.5) is 0 Å². The Morgan fingerprint density at radius 3 is 2.74 bits per heavy atom. The van der Waals surface area contributed by atoms with Crippen molar-refractivity contribution in [3.8, 4) is 0 Å². The second kappa shape index (κ2) is 10.5. The molecule has 0 unspecified atom stereocenters. The van der Waals surface area contributed by atoms with Crippen LogP contribution >= 0.6 is 0 Å². The molecule has 1 aromatic carbocycles. The number of hydrogen-bond acceptors (Lipinski definition) is 7. The molecule has 4 rings (SSSR count). The van der Waals surface area contributed by atoms with Gasteiger partial charge in [-0.1, -0.05) is 13.0 Å². The number of benzene rings is 1. The maximum atomic E-state index is 12.9. The molecule has 2 aromatic rings. The van der Waals surface area contributed by atoms with Gasteiger partial charge in [0.25, 0.3) is 5.91 Å². The summed E-state index contributed by atoms with van der Waals surface area (Å²) in [5, 5.41) is 7.82. The molecular formula is C25H33N3O6S. The number of hydrogen-bond donors (Lipinski definition) is 1. The molecule has 35 heavy (non-hydrogen) atoms. The largest absolute Gasteiger partial charge is 0.462 e. The molecule has 1 fully saturated rings. The molecule has 10 heteroatoms. The standard InChI is InChI=1S/C25H33N3O6S/c1-3-28-22-20(16-25(17-26-23(22)29)10-13-33-14-11-25)21(27-28)9-6-12-34-24(30)18-7-5-8-19(15-18)35(31,32)4-2/h5,7-8,15H,3-4,6,9-14,16-17H2,1-2H3,(H,26,29). The van der Waals surface area contributed by atoms with Crippen LogP contribution in [-0.2, 0) is 38.7 Å². The van der Waals surface area contributed by atoms with Crippen LogP contribution in [0, 0.1) is 5.41 Å². The van der Waals surface area contributed by atoms with E-state index < -0.39 is 15.8 Å². The van der Waals surface area contributed by atoms with Crippen LogP contribution in [0.2, 0.25) is 0 Å². The lowest BCUT2D eigenvalue weighted by molar-refractivity contribution is 0.0160. The van der Waals surface area contributed by atoms with Gasteiger partial charge in [0.1, 0.15) is 5.69 Å². The average molecular weight is 504 g/mol. The number of fused-ring (bicyclic) bond motifs is 1. The van der Waals surface area contributed by atoms with E-state index in [1.54, 1.807) is 23.7 Å². The number of ether oxygens (including phenoxy) is 2. The molecule has 1 saturated heterocycles. The molecule has 0 aliphatic carbocycles. The predicted molar refractivity (Wildman–Crippen MR) is 129 cm³/mol. The highest BCUT2D eigenvalue weighted by atomic mass is 32.2. The predicted octanol–water partition coefficient (Wildman–Crippen LogP) is 2.57. The molecule has 190 valence electrons. The molecule has 9 nitrogen and oxygen atoms in total. The third-order valence-corrected chi connectivity index (χ3v) is 8.71. The number of nitrogens with one attached hydrogen (secondary N) is 1. The summed E-state index contributed by atoms with van der Waals surface area (Å²) in [4.78, 5) is 25.5. The Morgan fingerprint density at radius 1 is 1.26 bits per heavy atom. The van der Waals surface area contributed by atoms with Gasteiger partial charge in [-0.25, -0.2) is 13.2 Å². The van der Waals surface area contributed by atoms with E-state index in [1.807, 2.05) is 6.92 Å². The Morgan fingerprint density at radius 2 is 2.03 bits per heavy atom. The minimum Gasteiger partial charge on any atom is -0.462 e. The zero-order chi connectivity index (χ0) is 25.1. The van der Waals surface area contributed by atoms with Gasteiger partial charge < -0.3 is 14.8 Å². The second-order valence-electron chi connectivity index (χ2n) is 9.23. The summed E-state index contributed by atoms with van der Waals surface area (Å²) in [7, 11) is -3.40. The van der Waals surface area contributed by atoms with Gasteiger partial charge in [-0.3, -0.25) is 9.48 Å². The number of carbonyl (C=O) groups excluding carboxylic acids is 2. The van der Waals surface area contributed by atoms with Crippen LogP contribution in [-0.4, -0.2) is 62.2 Å². The van der Waals surface area contributed by atoms with Gasteiger partial charge in [-0.05, 0) is 62.6 Å². The van der Waals surface area contributed by atoms with Gasteiger partial charge in [0.15, 0.2) is 9.84 Å². The number of amides is 1. The SMILES string of the molecule is CCn1nc(CCCOC(=O)c2cccc(S(=O)(=O)CC)c2)c2c1C(=O)NCC1(CCOCC1)C2. The van der Waals surface area contributed by atoms with Crippen LogP contribution in [0.1, 0.15) is 65.2 Å². The van der Waals surface area contributed by atoms with Gasteiger partial charge in [0.2, 0.25) is 0 Å². The second-order valence-corrected chi connectivity index (χ2v) is 11.5. The fourth-order valence-electron chi connectivity index (χ4n) is 4.84. The van der Waals surface area contributed by atoms with Crippen molar-refractivity contribution in [2.45, 2.75) is 57.4 Å². The van der Waals surface area contributed by atoms with E-state index in [0.29, 0.717) is 44.8 Å². The summed E-state index contributed by atoms with van der Waals surface area (Å²) in [6, 6.07) is 5.93. The van der Waals surface area contributed by atoms with Crippen molar-refractivity contribution in [3.63, 3.8) is 0 Å². The van der Waals surface area contributed by atoms with Crippen LogP contribution in [0.25, 0.3) is 0 Å². The molecule has 1 aromatic heterocycles. The van der Waals surface area contributed by atoms with Crippen molar-refractivity contribution in [2.75, 3.05) is 32.1 Å². The first-order chi connectivity index (χ1) is 16.8. The van der Waals surface area contributed by atoms with Gasteiger partial charge in [-0.2, -0.15) is 5.10 Å². The summed E-state index contributed by atoms with van der Waals surface area (Å²) in [6.07, 6.45) is 3.69. The number of esters is 1. The molecule has 2 aliphatic heterocycles. The van der Waals surface area contributed by atoms with Gasteiger partial charge in [-0.15, -0.1) is 0 Å². The van der Waals surface area contributed by atoms with E-state index in [9.17, 15) is 18.0 Å².